The minimum atomic E-state index is -1.87. The average molecular weight is 286 g/mol. The van der Waals surface area contributed by atoms with Gasteiger partial charge in [-0.2, -0.15) is 0 Å². The lowest BCUT2D eigenvalue weighted by atomic mass is 10.0. The van der Waals surface area contributed by atoms with E-state index < -0.39 is 36.8 Å². The summed E-state index contributed by atoms with van der Waals surface area (Å²) < 4.78 is 0. The molecule has 0 saturated heterocycles. The summed E-state index contributed by atoms with van der Waals surface area (Å²) in [6.07, 6.45) is -6.03. The van der Waals surface area contributed by atoms with Gasteiger partial charge in [0.05, 0.1) is 6.61 Å². The number of aliphatic hydroxyl groups is 6. The van der Waals surface area contributed by atoms with E-state index in [4.69, 9.17) is 15.3 Å². The van der Waals surface area contributed by atoms with Crippen molar-refractivity contribution in [2.75, 3.05) is 6.61 Å². The normalized spacial score (nSPS) is 18.4. The number of rotatable bonds is 6. The minimum absolute atomic E-state index is 0.0312. The highest BCUT2D eigenvalue weighted by Crippen LogP contribution is 2.16. The molecule has 7 N–H and O–H groups in total. The molecule has 1 aromatic rings. The van der Waals surface area contributed by atoms with Crippen molar-refractivity contribution in [3.05, 3.63) is 35.6 Å². The lowest BCUT2D eigenvalue weighted by molar-refractivity contribution is -0.112. The van der Waals surface area contributed by atoms with Crippen molar-refractivity contribution in [1.29, 1.82) is 0 Å². The zero-order valence-electron chi connectivity index (χ0n) is 10.5. The minimum Gasteiger partial charge on any atom is -0.509 e. The molecule has 4 unspecified atom stereocenters. The smallest absolute Gasteiger partial charge is 0.139 e. The van der Waals surface area contributed by atoms with Gasteiger partial charge in [0.1, 0.15) is 35.9 Å². The summed E-state index contributed by atoms with van der Waals surface area (Å²) in [5.74, 6) is -0.601. The lowest BCUT2D eigenvalue weighted by Gasteiger charge is -2.25. The second-order valence-corrected chi connectivity index (χ2v) is 4.34. The van der Waals surface area contributed by atoms with Crippen LogP contribution in [0.1, 0.15) is 5.56 Å². The van der Waals surface area contributed by atoms with Gasteiger partial charge in [0, 0.05) is 0 Å². The second-order valence-electron chi connectivity index (χ2n) is 4.34. The van der Waals surface area contributed by atoms with Crippen molar-refractivity contribution in [3.63, 3.8) is 0 Å². The summed E-state index contributed by atoms with van der Waals surface area (Å²) in [6, 6.07) is 5.66. The maximum absolute atomic E-state index is 9.65. The van der Waals surface area contributed by atoms with Crippen LogP contribution in [0.25, 0.3) is 6.08 Å². The SMILES string of the molecule is OCC(O)C(O)C(O)C(O)C(O)=Cc1ccc(O)cc1. The number of benzene rings is 1. The Kier molecular flexibility index (Phi) is 5.93. The molecule has 0 aliphatic carbocycles. The molecule has 7 heteroatoms. The molecule has 0 radical (unpaired) electrons. The zero-order valence-corrected chi connectivity index (χ0v) is 10.5. The Morgan fingerprint density at radius 1 is 1.00 bits per heavy atom. The molecule has 0 aliphatic heterocycles. The molecule has 7 nitrogen and oxygen atoms in total. The first-order chi connectivity index (χ1) is 9.36. The molecular formula is C13H18O7. The van der Waals surface area contributed by atoms with Crippen LogP contribution in [-0.4, -0.2) is 66.8 Å². The molecule has 20 heavy (non-hydrogen) atoms. The van der Waals surface area contributed by atoms with E-state index >= 15 is 0 Å². The van der Waals surface area contributed by atoms with Crippen LogP contribution >= 0.6 is 0 Å². The highest BCUT2D eigenvalue weighted by atomic mass is 16.4. The van der Waals surface area contributed by atoms with Gasteiger partial charge >= 0.3 is 0 Å². The van der Waals surface area contributed by atoms with Crippen LogP contribution in [0.2, 0.25) is 0 Å². The van der Waals surface area contributed by atoms with Crippen LogP contribution < -0.4 is 0 Å². The fourth-order valence-corrected chi connectivity index (χ4v) is 1.52. The Labute approximate surface area is 115 Å². The van der Waals surface area contributed by atoms with Crippen molar-refractivity contribution in [2.24, 2.45) is 0 Å². The highest BCUT2D eigenvalue weighted by molar-refractivity contribution is 5.53. The van der Waals surface area contributed by atoms with Gasteiger partial charge < -0.3 is 35.7 Å². The Balaban J connectivity index is 2.79. The van der Waals surface area contributed by atoms with Gasteiger partial charge in [-0.25, -0.2) is 0 Å². The Hall–Kier alpha value is -1.64. The van der Waals surface area contributed by atoms with E-state index in [-0.39, 0.29) is 5.75 Å². The van der Waals surface area contributed by atoms with Crippen LogP contribution in [-0.2, 0) is 0 Å². The maximum atomic E-state index is 9.65. The first kappa shape index (κ1) is 16.4. The van der Waals surface area contributed by atoms with Crippen molar-refractivity contribution < 1.29 is 35.7 Å². The van der Waals surface area contributed by atoms with Crippen LogP contribution in [0.15, 0.2) is 30.0 Å². The van der Waals surface area contributed by atoms with Gasteiger partial charge in [-0.15, -0.1) is 0 Å². The van der Waals surface area contributed by atoms with Crippen molar-refractivity contribution >= 4 is 6.08 Å². The predicted octanol–water partition coefficient (Wildman–Crippen LogP) is -1.27. The quantitative estimate of drug-likeness (QED) is 0.323. The number of hydrogen-bond donors (Lipinski definition) is 7. The van der Waals surface area contributed by atoms with E-state index in [2.05, 4.69) is 0 Å². The molecule has 0 aliphatic rings. The molecule has 1 aromatic carbocycles. The summed E-state index contributed by atoms with van der Waals surface area (Å²) in [5.41, 5.74) is 0.448. The number of phenolic OH excluding ortho intramolecular Hbond substituents is 1. The van der Waals surface area contributed by atoms with Crippen LogP contribution in [0, 0.1) is 0 Å². The van der Waals surface area contributed by atoms with E-state index in [0.717, 1.165) is 6.08 Å². The second kappa shape index (κ2) is 7.22. The zero-order chi connectivity index (χ0) is 15.3. The molecule has 0 spiro atoms. The molecule has 1 rings (SSSR count). The van der Waals surface area contributed by atoms with Crippen LogP contribution in [0.5, 0.6) is 5.75 Å². The monoisotopic (exact) mass is 286 g/mol. The van der Waals surface area contributed by atoms with Gasteiger partial charge in [-0.1, -0.05) is 12.1 Å². The Morgan fingerprint density at radius 2 is 1.55 bits per heavy atom. The molecule has 0 heterocycles. The summed E-state index contributed by atoms with van der Waals surface area (Å²) in [6.45, 7) is -0.798. The van der Waals surface area contributed by atoms with E-state index in [1.165, 1.54) is 24.3 Å². The third-order valence-corrected chi connectivity index (χ3v) is 2.77. The molecule has 0 bridgehead atoms. The van der Waals surface area contributed by atoms with Gasteiger partial charge in [-0.3, -0.25) is 0 Å². The summed E-state index contributed by atoms with van der Waals surface area (Å²) in [4.78, 5) is 0. The number of aromatic hydroxyl groups is 1. The van der Waals surface area contributed by atoms with Crippen LogP contribution in [0.4, 0.5) is 0 Å². The molecule has 0 fully saturated rings. The fourth-order valence-electron chi connectivity index (χ4n) is 1.52. The van der Waals surface area contributed by atoms with E-state index in [9.17, 15) is 20.4 Å². The van der Waals surface area contributed by atoms with Crippen molar-refractivity contribution in [2.45, 2.75) is 24.4 Å². The predicted molar refractivity (Wildman–Crippen MR) is 69.8 cm³/mol. The fraction of sp³-hybridized carbons (Fsp3) is 0.385. The van der Waals surface area contributed by atoms with Gasteiger partial charge in [0.25, 0.3) is 0 Å². The van der Waals surface area contributed by atoms with Gasteiger partial charge in [0.15, 0.2) is 0 Å². The third kappa shape index (κ3) is 4.19. The number of hydrogen-bond acceptors (Lipinski definition) is 7. The third-order valence-electron chi connectivity index (χ3n) is 2.77. The summed E-state index contributed by atoms with van der Waals surface area (Å²) >= 11 is 0. The van der Waals surface area contributed by atoms with Gasteiger partial charge in [-0.05, 0) is 23.8 Å². The molecular weight excluding hydrogens is 268 g/mol. The number of phenols is 1. The first-order valence-electron chi connectivity index (χ1n) is 5.89. The molecule has 4 atom stereocenters. The van der Waals surface area contributed by atoms with E-state index in [0.29, 0.717) is 5.56 Å². The Morgan fingerprint density at radius 3 is 2.05 bits per heavy atom. The standard InChI is InChI=1S/C13H18O7/c14-6-10(17)12(19)13(20)11(18)9(16)5-7-1-3-8(15)4-2-7/h1-5,10-20H,6H2. The van der Waals surface area contributed by atoms with Gasteiger partial charge in [0.2, 0.25) is 0 Å². The van der Waals surface area contributed by atoms with Crippen molar-refractivity contribution in [1.82, 2.24) is 0 Å². The Bertz CT molecular complexity index is 443. The number of aliphatic hydroxyl groups excluding tert-OH is 6. The summed E-state index contributed by atoms with van der Waals surface area (Å²) in [7, 11) is 0. The molecule has 0 amide bonds. The molecule has 112 valence electrons. The van der Waals surface area contributed by atoms with Crippen molar-refractivity contribution in [3.8, 4) is 5.75 Å². The maximum Gasteiger partial charge on any atom is 0.139 e. The topological polar surface area (TPSA) is 142 Å². The largest absolute Gasteiger partial charge is 0.509 e. The highest BCUT2D eigenvalue weighted by Gasteiger charge is 2.32. The molecule has 0 saturated carbocycles. The van der Waals surface area contributed by atoms with E-state index in [1.54, 1.807) is 0 Å². The molecule has 0 aromatic heterocycles. The van der Waals surface area contributed by atoms with E-state index in [1.807, 2.05) is 0 Å². The average Bonchev–Trinajstić information content (AvgIpc) is 2.46. The first-order valence-corrected chi connectivity index (χ1v) is 5.89. The summed E-state index contributed by atoms with van der Waals surface area (Å²) in [5, 5.41) is 65.2. The van der Waals surface area contributed by atoms with Crippen LogP contribution in [0.3, 0.4) is 0 Å². The lowest BCUT2D eigenvalue weighted by Crippen LogP contribution is -2.46.